The van der Waals surface area contributed by atoms with Gasteiger partial charge in [0.15, 0.2) is 0 Å². The first-order valence-corrected chi connectivity index (χ1v) is 23.7. The average Bonchev–Trinajstić information content (AvgIpc) is 3.93. The number of piperazine rings is 1. The number of halogens is 1. The van der Waals surface area contributed by atoms with E-state index in [2.05, 4.69) is 60.7 Å². The molecule has 5 heterocycles. The maximum absolute atomic E-state index is 14.0. The molecular weight excluding hydrogens is 856 g/mol. The van der Waals surface area contributed by atoms with Gasteiger partial charge in [0.1, 0.15) is 22.8 Å². The fourth-order valence-corrected chi connectivity index (χ4v) is 10.4. The number of likely N-dealkylation sites (tertiary alicyclic amines) is 1. The number of nitrogens with zero attached hydrogens (tertiary/aromatic N) is 5. The Morgan fingerprint density at radius 2 is 1.83 bits per heavy atom. The number of rotatable bonds is 14. The molecule has 3 aliphatic heterocycles. The minimum absolute atomic E-state index is 0.0335. The summed E-state index contributed by atoms with van der Waals surface area (Å²) < 4.78 is 41.3. The van der Waals surface area contributed by atoms with E-state index in [1.54, 1.807) is 30.5 Å². The van der Waals surface area contributed by atoms with Gasteiger partial charge in [-0.1, -0.05) is 43.2 Å². The van der Waals surface area contributed by atoms with E-state index < -0.39 is 31.4 Å². The summed E-state index contributed by atoms with van der Waals surface area (Å²) in [7, 11) is -4.56. The van der Waals surface area contributed by atoms with Crippen LogP contribution in [0, 0.1) is 21.4 Å². The van der Waals surface area contributed by atoms with Crippen molar-refractivity contribution in [3.63, 3.8) is 0 Å². The van der Waals surface area contributed by atoms with Crippen molar-refractivity contribution in [2.24, 2.45) is 11.3 Å². The number of ether oxygens (including phenoxy) is 2. The van der Waals surface area contributed by atoms with Crippen LogP contribution in [0.5, 0.6) is 11.5 Å². The Labute approximate surface area is 378 Å². The normalized spacial score (nSPS) is 19.7. The molecule has 64 heavy (non-hydrogen) atoms. The number of H-pyrrole nitrogens is 1. The van der Waals surface area contributed by atoms with E-state index >= 15 is 0 Å². The molecule has 0 spiro atoms. The number of pyridine rings is 1. The van der Waals surface area contributed by atoms with Gasteiger partial charge in [-0.25, -0.2) is 18.1 Å². The number of carbonyl (C=O) groups is 1. The Morgan fingerprint density at radius 1 is 1.03 bits per heavy atom. The highest BCUT2D eigenvalue weighted by atomic mass is 35.5. The molecule has 9 rings (SSSR count). The molecule has 3 aromatic carbocycles. The van der Waals surface area contributed by atoms with Crippen LogP contribution in [-0.4, -0.2) is 111 Å². The van der Waals surface area contributed by atoms with Crippen molar-refractivity contribution in [3.05, 3.63) is 117 Å². The Balaban J connectivity index is 0.910. The molecule has 0 radical (unpaired) electrons. The van der Waals surface area contributed by atoms with E-state index in [9.17, 15) is 23.3 Å². The maximum Gasteiger partial charge on any atom is 0.293 e. The minimum Gasteiger partial charge on any atom is -0.455 e. The third-order valence-electron chi connectivity index (χ3n) is 13.1. The Kier molecular flexibility index (Phi) is 12.4. The van der Waals surface area contributed by atoms with Crippen LogP contribution in [0.3, 0.4) is 0 Å². The Morgan fingerprint density at radius 3 is 2.58 bits per heavy atom. The topological polar surface area (TPSA) is 175 Å². The lowest BCUT2D eigenvalue weighted by Gasteiger charge is -2.39. The van der Waals surface area contributed by atoms with Gasteiger partial charge < -0.3 is 24.7 Å². The van der Waals surface area contributed by atoms with E-state index in [4.69, 9.17) is 21.1 Å². The number of hydrogen-bond donors (Lipinski definition) is 3. The van der Waals surface area contributed by atoms with Gasteiger partial charge in [0, 0.05) is 80.2 Å². The van der Waals surface area contributed by atoms with Gasteiger partial charge in [-0.3, -0.25) is 24.7 Å². The summed E-state index contributed by atoms with van der Waals surface area (Å²) in [5.41, 5.74) is 5.58. The predicted octanol–water partition coefficient (Wildman–Crippen LogP) is 7.95. The lowest BCUT2D eigenvalue weighted by molar-refractivity contribution is -0.384. The molecule has 3 N–H and O–H groups in total. The molecule has 0 bridgehead atoms. The fraction of sp³-hybridized carbons (Fsp3) is 0.404. The second kappa shape index (κ2) is 18.2. The zero-order valence-electron chi connectivity index (χ0n) is 36.0. The zero-order valence-corrected chi connectivity index (χ0v) is 37.6. The van der Waals surface area contributed by atoms with Gasteiger partial charge >= 0.3 is 0 Å². The number of sulfonamides is 1. The molecule has 1 atom stereocenters. The van der Waals surface area contributed by atoms with E-state index in [1.807, 2.05) is 18.2 Å². The lowest BCUT2D eigenvalue weighted by atomic mass is 9.72. The smallest absolute Gasteiger partial charge is 0.293 e. The number of hydrogen-bond acceptors (Lipinski definition) is 12. The Hall–Kier alpha value is -5.52. The number of nitro groups is 1. The molecular formula is C47H53ClN8O7S. The second-order valence-corrected chi connectivity index (χ2v) is 20.3. The molecule has 1 amide bonds. The first-order chi connectivity index (χ1) is 30.8. The fourth-order valence-electron chi connectivity index (χ4n) is 9.24. The SMILES string of the molecule is CC1(C)CCC(CN2CCN(c3ccc(C(=O)NS(=O)(=O)c4ccc(NC[C@@H]5CCN(C6COC6)C5)c([N+](=O)[O-])c4)c(Oc4cnc5[nH]ccc5c4)c3)CC2)=C(c2ccc(Cl)cc2)C1. The van der Waals surface area contributed by atoms with Gasteiger partial charge in [0.05, 0.1) is 40.8 Å². The summed E-state index contributed by atoms with van der Waals surface area (Å²) in [6.07, 6.45) is 7.43. The molecule has 17 heteroatoms. The van der Waals surface area contributed by atoms with Gasteiger partial charge in [0.2, 0.25) is 0 Å². The summed E-state index contributed by atoms with van der Waals surface area (Å²) in [5, 5.41) is 16.9. The van der Waals surface area contributed by atoms with Crippen LogP contribution in [-0.2, 0) is 14.8 Å². The van der Waals surface area contributed by atoms with Crippen molar-refractivity contribution < 1.29 is 27.6 Å². The highest BCUT2D eigenvalue weighted by Gasteiger charge is 2.34. The van der Waals surface area contributed by atoms with Crippen LogP contribution in [0.25, 0.3) is 16.6 Å². The molecule has 3 fully saturated rings. The summed E-state index contributed by atoms with van der Waals surface area (Å²) in [6, 6.07) is 20.9. The lowest BCUT2D eigenvalue weighted by Crippen LogP contribution is -2.48. The first kappa shape index (κ1) is 43.7. The van der Waals surface area contributed by atoms with Crippen molar-refractivity contribution in [2.75, 3.05) is 75.8 Å². The monoisotopic (exact) mass is 908 g/mol. The van der Waals surface area contributed by atoms with Gasteiger partial charge in [-0.15, -0.1) is 0 Å². The third kappa shape index (κ3) is 9.76. The quantitative estimate of drug-likeness (QED) is 0.0726. The number of fused-ring (bicyclic) bond motifs is 1. The van der Waals surface area contributed by atoms with Crippen molar-refractivity contribution in [3.8, 4) is 11.5 Å². The molecule has 3 saturated heterocycles. The summed E-state index contributed by atoms with van der Waals surface area (Å²) >= 11 is 6.25. The largest absolute Gasteiger partial charge is 0.455 e. The van der Waals surface area contributed by atoms with E-state index in [0.29, 0.717) is 24.0 Å². The molecule has 0 saturated carbocycles. The second-order valence-electron chi connectivity index (χ2n) is 18.2. The number of carbonyl (C=O) groups excluding carboxylic acids is 1. The van der Waals surface area contributed by atoms with Crippen molar-refractivity contribution in [1.29, 1.82) is 0 Å². The third-order valence-corrected chi connectivity index (χ3v) is 14.7. The van der Waals surface area contributed by atoms with Crippen LogP contribution in [0.2, 0.25) is 5.02 Å². The summed E-state index contributed by atoms with van der Waals surface area (Å²) in [4.78, 5) is 39.7. The average molecular weight is 910 g/mol. The standard InChI is InChI=1S/C47H53ClN8O7S/c1-47(2)14-11-34(41(24-47)32-3-5-35(48)6-4-32)28-53-17-19-54(20-18-53)36-7-9-40(44(22-36)63-38-21-33-12-15-49-45(33)51-26-38)46(57)52-64(60,61)39-8-10-42(43(23-39)56(58)59)50-25-31-13-16-55(27-31)37-29-62-30-37/h3-10,12,15,21-23,26,31,37,50H,11,13-14,16-20,24-25,27-30H2,1-2H3,(H,49,51)(H,52,57)/t31-/m0/s1. The molecule has 15 nitrogen and oxygen atoms in total. The predicted molar refractivity (Wildman–Crippen MR) is 248 cm³/mol. The summed E-state index contributed by atoms with van der Waals surface area (Å²) in [6.45, 7) is 12.4. The molecule has 0 unspecified atom stereocenters. The van der Waals surface area contributed by atoms with Crippen LogP contribution in [0.1, 0.15) is 55.5 Å². The maximum atomic E-state index is 14.0. The van der Waals surface area contributed by atoms with Gasteiger partial charge in [0.25, 0.3) is 21.6 Å². The molecule has 336 valence electrons. The molecule has 1 aliphatic carbocycles. The van der Waals surface area contributed by atoms with Crippen molar-refractivity contribution >= 4 is 61.2 Å². The number of allylic oxidation sites excluding steroid dienone is 1. The minimum atomic E-state index is -4.56. The van der Waals surface area contributed by atoms with Crippen LogP contribution in [0.15, 0.2) is 95.7 Å². The summed E-state index contributed by atoms with van der Waals surface area (Å²) in [5.74, 6) is -0.182. The van der Waals surface area contributed by atoms with Gasteiger partial charge in [-0.2, -0.15) is 0 Å². The highest BCUT2D eigenvalue weighted by molar-refractivity contribution is 7.90. The van der Waals surface area contributed by atoms with Crippen LogP contribution in [0.4, 0.5) is 17.1 Å². The van der Waals surface area contributed by atoms with Gasteiger partial charge in [-0.05, 0) is 103 Å². The molecule has 2 aromatic heterocycles. The number of nitrogens with one attached hydrogen (secondary N) is 3. The van der Waals surface area contributed by atoms with Crippen molar-refractivity contribution in [1.82, 2.24) is 24.5 Å². The molecule has 4 aliphatic rings. The van der Waals surface area contributed by atoms with Crippen molar-refractivity contribution in [2.45, 2.75) is 50.5 Å². The van der Waals surface area contributed by atoms with Crippen LogP contribution < -0.4 is 19.7 Å². The van der Waals surface area contributed by atoms with Crippen LogP contribution >= 0.6 is 11.6 Å². The number of benzene rings is 3. The first-order valence-electron chi connectivity index (χ1n) is 21.9. The van der Waals surface area contributed by atoms with E-state index in [1.165, 1.54) is 35.0 Å². The Bertz CT molecular complexity index is 2690. The highest BCUT2D eigenvalue weighted by Crippen LogP contribution is 2.43. The number of nitro benzene ring substituents is 1. The van der Waals surface area contributed by atoms with E-state index in [0.717, 1.165) is 107 Å². The van der Waals surface area contributed by atoms with E-state index in [-0.39, 0.29) is 28.3 Å². The number of anilines is 2. The molecule has 5 aromatic rings. The number of amides is 1. The number of aromatic amines is 1. The zero-order chi connectivity index (χ0) is 44.6. The number of aromatic nitrogens is 2.